The highest BCUT2D eigenvalue weighted by molar-refractivity contribution is 5.99. The summed E-state index contributed by atoms with van der Waals surface area (Å²) >= 11 is 0. The smallest absolute Gasteiger partial charge is 0.0396 e. The Morgan fingerprint density at radius 3 is 1.96 bits per heavy atom. The van der Waals surface area contributed by atoms with Crippen LogP contribution in [-0.2, 0) is 0 Å². The lowest BCUT2D eigenvalue weighted by molar-refractivity contribution is 1.56. The van der Waals surface area contributed by atoms with Crippen LogP contribution < -0.4 is 5.32 Å². The normalized spacial score (nSPS) is 10.6. The standard InChI is InChI=1S/C22H17N/c1-3-9-17(10-4-1)22-16-20(23-19-12-5-2-6-13-19)15-18-11-7-8-14-21(18)22/h1-16,23H. The second-order valence-electron chi connectivity index (χ2n) is 5.60. The average Bonchev–Trinajstić information content (AvgIpc) is 2.63. The monoisotopic (exact) mass is 295 g/mol. The Morgan fingerprint density at radius 2 is 1.17 bits per heavy atom. The van der Waals surface area contributed by atoms with E-state index >= 15 is 0 Å². The topological polar surface area (TPSA) is 12.0 Å². The molecule has 4 aromatic carbocycles. The van der Waals surface area contributed by atoms with E-state index in [1.54, 1.807) is 0 Å². The molecular formula is C22H17N. The lowest BCUT2D eigenvalue weighted by atomic mass is 9.97. The molecular weight excluding hydrogens is 278 g/mol. The predicted octanol–water partition coefficient (Wildman–Crippen LogP) is 6.25. The third-order valence-electron chi connectivity index (χ3n) is 4.01. The van der Waals surface area contributed by atoms with Gasteiger partial charge in [0.15, 0.2) is 0 Å². The zero-order chi connectivity index (χ0) is 15.5. The van der Waals surface area contributed by atoms with Crippen molar-refractivity contribution in [3.05, 3.63) is 97.1 Å². The van der Waals surface area contributed by atoms with Gasteiger partial charge in [-0.05, 0) is 46.2 Å². The van der Waals surface area contributed by atoms with E-state index < -0.39 is 0 Å². The number of anilines is 2. The van der Waals surface area contributed by atoms with Crippen LogP contribution in [0.5, 0.6) is 0 Å². The summed E-state index contributed by atoms with van der Waals surface area (Å²) in [6, 6.07) is 33.8. The fraction of sp³-hybridized carbons (Fsp3) is 0. The molecule has 0 fully saturated rings. The molecule has 0 aromatic heterocycles. The third-order valence-corrected chi connectivity index (χ3v) is 4.01. The van der Waals surface area contributed by atoms with Gasteiger partial charge in [-0.2, -0.15) is 0 Å². The molecule has 0 aliphatic rings. The molecule has 0 spiro atoms. The highest BCUT2D eigenvalue weighted by Crippen LogP contribution is 2.33. The zero-order valence-electron chi connectivity index (χ0n) is 12.7. The predicted molar refractivity (Wildman–Crippen MR) is 99.1 cm³/mol. The number of nitrogens with one attached hydrogen (secondary N) is 1. The van der Waals surface area contributed by atoms with Crippen LogP contribution >= 0.6 is 0 Å². The fourth-order valence-corrected chi connectivity index (χ4v) is 2.93. The SMILES string of the molecule is c1ccc(Nc2cc(-c3ccccc3)c3ccccc3c2)cc1. The van der Waals surface area contributed by atoms with E-state index in [9.17, 15) is 0 Å². The minimum atomic E-state index is 1.10. The molecule has 1 heteroatoms. The molecule has 1 nitrogen and oxygen atoms in total. The first-order valence-electron chi connectivity index (χ1n) is 7.80. The van der Waals surface area contributed by atoms with Crippen molar-refractivity contribution in [3.8, 4) is 11.1 Å². The van der Waals surface area contributed by atoms with E-state index in [1.807, 2.05) is 18.2 Å². The number of fused-ring (bicyclic) bond motifs is 1. The van der Waals surface area contributed by atoms with E-state index in [-0.39, 0.29) is 0 Å². The molecule has 23 heavy (non-hydrogen) atoms. The molecule has 0 aliphatic carbocycles. The van der Waals surface area contributed by atoms with Gasteiger partial charge in [-0.15, -0.1) is 0 Å². The van der Waals surface area contributed by atoms with Crippen LogP contribution in [-0.4, -0.2) is 0 Å². The molecule has 0 radical (unpaired) electrons. The van der Waals surface area contributed by atoms with Crippen LogP contribution in [0.2, 0.25) is 0 Å². The summed E-state index contributed by atoms with van der Waals surface area (Å²) in [6.45, 7) is 0. The summed E-state index contributed by atoms with van der Waals surface area (Å²) in [5, 5.41) is 6.02. The van der Waals surface area contributed by atoms with Crippen molar-refractivity contribution in [1.82, 2.24) is 0 Å². The Bertz CT molecular complexity index is 928. The molecule has 0 heterocycles. The Hall–Kier alpha value is -3.06. The Kier molecular flexibility index (Phi) is 3.53. The van der Waals surface area contributed by atoms with Crippen LogP contribution in [0.15, 0.2) is 97.1 Å². The highest BCUT2D eigenvalue weighted by atomic mass is 14.9. The summed E-state index contributed by atoms with van der Waals surface area (Å²) in [5.41, 5.74) is 4.69. The van der Waals surface area contributed by atoms with E-state index in [0.717, 1.165) is 11.4 Å². The Morgan fingerprint density at radius 1 is 0.522 bits per heavy atom. The second kappa shape index (κ2) is 5.98. The van der Waals surface area contributed by atoms with Gasteiger partial charge in [0.05, 0.1) is 0 Å². The van der Waals surface area contributed by atoms with Crippen LogP contribution in [0.4, 0.5) is 11.4 Å². The maximum Gasteiger partial charge on any atom is 0.0396 e. The van der Waals surface area contributed by atoms with Gasteiger partial charge in [0.25, 0.3) is 0 Å². The first-order valence-corrected chi connectivity index (χ1v) is 7.80. The minimum absolute atomic E-state index is 1.10. The summed E-state index contributed by atoms with van der Waals surface area (Å²) in [7, 11) is 0. The maximum atomic E-state index is 3.51. The number of rotatable bonds is 3. The van der Waals surface area contributed by atoms with Gasteiger partial charge in [0, 0.05) is 11.4 Å². The van der Waals surface area contributed by atoms with Crippen LogP contribution in [0.3, 0.4) is 0 Å². The van der Waals surface area contributed by atoms with Gasteiger partial charge in [0.1, 0.15) is 0 Å². The quantitative estimate of drug-likeness (QED) is 0.471. The van der Waals surface area contributed by atoms with E-state index in [4.69, 9.17) is 0 Å². The van der Waals surface area contributed by atoms with E-state index in [0.29, 0.717) is 0 Å². The lowest BCUT2D eigenvalue weighted by Crippen LogP contribution is -1.91. The van der Waals surface area contributed by atoms with Crippen molar-refractivity contribution in [2.24, 2.45) is 0 Å². The van der Waals surface area contributed by atoms with Crippen LogP contribution in [0, 0.1) is 0 Å². The Balaban J connectivity index is 1.87. The molecule has 0 amide bonds. The van der Waals surface area contributed by atoms with Crippen molar-refractivity contribution in [2.45, 2.75) is 0 Å². The minimum Gasteiger partial charge on any atom is -0.355 e. The Labute approximate surface area is 136 Å². The number of hydrogen-bond acceptors (Lipinski definition) is 1. The first-order chi connectivity index (χ1) is 11.4. The zero-order valence-corrected chi connectivity index (χ0v) is 12.7. The summed E-state index contributed by atoms with van der Waals surface area (Å²) < 4.78 is 0. The molecule has 0 bridgehead atoms. The molecule has 4 aromatic rings. The maximum absolute atomic E-state index is 3.51. The van der Waals surface area contributed by atoms with Gasteiger partial charge in [-0.25, -0.2) is 0 Å². The summed E-state index contributed by atoms with van der Waals surface area (Å²) in [5.74, 6) is 0. The molecule has 0 unspecified atom stereocenters. The van der Waals surface area contributed by atoms with Crippen molar-refractivity contribution < 1.29 is 0 Å². The molecule has 0 saturated carbocycles. The van der Waals surface area contributed by atoms with Crippen molar-refractivity contribution in [1.29, 1.82) is 0 Å². The number of para-hydroxylation sites is 1. The molecule has 0 saturated heterocycles. The van der Waals surface area contributed by atoms with Crippen molar-refractivity contribution in [3.63, 3.8) is 0 Å². The largest absolute Gasteiger partial charge is 0.355 e. The van der Waals surface area contributed by atoms with Crippen molar-refractivity contribution in [2.75, 3.05) is 5.32 Å². The van der Waals surface area contributed by atoms with Gasteiger partial charge < -0.3 is 5.32 Å². The summed E-state index contributed by atoms with van der Waals surface area (Å²) in [4.78, 5) is 0. The molecule has 0 aliphatic heterocycles. The summed E-state index contributed by atoms with van der Waals surface area (Å²) in [6.07, 6.45) is 0. The van der Waals surface area contributed by atoms with Gasteiger partial charge >= 0.3 is 0 Å². The third kappa shape index (κ3) is 2.82. The molecule has 0 atom stereocenters. The number of hydrogen-bond donors (Lipinski definition) is 1. The van der Waals surface area contributed by atoms with Crippen LogP contribution in [0.25, 0.3) is 21.9 Å². The van der Waals surface area contributed by atoms with Crippen molar-refractivity contribution >= 4 is 22.1 Å². The highest BCUT2D eigenvalue weighted by Gasteiger charge is 2.06. The van der Waals surface area contributed by atoms with E-state index in [2.05, 4.69) is 84.2 Å². The van der Waals surface area contributed by atoms with E-state index in [1.165, 1.54) is 21.9 Å². The average molecular weight is 295 g/mol. The molecule has 110 valence electrons. The molecule has 1 N–H and O–H groups in total. The van der Waals surface area contributed by atoms with Gasteiger partial charge in [-0.1, -0.05) is 72.8 Å². The lowest BCUT2D eigenvalue weighted by Gasteiger charge is -2.12. The fourth-order valence-electron chi connectivity index (χ4n) is 2.93. The van der Waals surface area contributed by atoms with Crippen LogP contribution in [0.1, 0.15) is 0 Å². The first kappa shape index (κ1) is 13.6. The van der Waals surface area contributed by atoms with Gasteiger partial charge in [-0.3, -0.25) is 0 Å². The molecule has 4 rings (SSSR count). The second-order valence-corrected chi connectivity index (χ2v) is 5.60. The number of benzene rings is 4. The van der Waals surface area contributed by atoms with Gasteiger partial charge in [0.2, 0.25) is 0 Å².